The number of nitrogens with zero attached hydrogens (tertiary/aromatic N) is 2. The molecule has 0 bridgehead atoms. The van der Waals surface area contributed by atoms with E-state index >= 15 is 0 Å². The summed E-state index contributed by atoms with van der Waals surface area (Å²) < 4.78 is 0. The molecule has 0 radical (unpaired) electrons. The zero-order valence-corrected chi connectivity index (χ0v) is 23.3. The monoisotopic (exact) mass is 550 g/mol. The number of amides is 1. The zero-order valence-electron chi connectivity index (χ0n) is 21.7. The first-order valence-electron chi connectivity index (χ1n) is 14.8. The highest BCUT2D eigenvalue weighted by molar-refractivity contribution is 9.09. The van der Waals surface area contributed by atoms with Crippen LogP contribution in [-0.4, -0.2) is 75.2 Å². The minimum atomic E-state index is -0.242. The highest BCUT2D eigenvalue weighted by atomic mass is 79.9. The molecular formula is C28H47BrN4O2. The number of nitrogens with one attached hydrogen (secondary N) is 2. The summed E-state index contributed by atoms with van der Waals surface area (Å²) in [6, 6.07) is 1.84. The van der Waals surface area contributed by atoms with Crippen molar-refractivity contribution in [2.24, 2.45) is 29.6 Å². The lowest BCUT2D eigenvalue weighted by Crippen LogP contribution is -2.61. The van der Waals surface area contributed by atoms with E-state index < -0.39 is 0 Å². The summed E-state index contributed by atoms with van der Waals surface area (Å²) in [5, 5.41) is 17.4. The van der Waals surface area contributed by atoms with Crippen molar-refractivity contribution in [1.82, 2.24) is 20.7 Å². The lowest BCUT2D eigenvalue weighted by Gasteiger charge is -2.49. The first kappa shape index (κ1) is 25.1. The van der Waals surface area contributed by atoms with Crippen LogP contribution in [0.15, 0.2) is 0 Å². The molecule has 35 heavy (non-hydrogen) atoms. The average Bonchev–Trinajstić information content (AvgIpc) is 3.42. The normalized spacial score (nSPS) is 48.5. The van der Waals surface area contributed by atoms with Crippen LogP contribution in [0.4, 0.5) is 0 Å². The van der Waals surface area contributed by atoms with E-state index in [9.17, 15) is 9.90 Å². The van der Waals surface area contributed by atoms with Crippen LogP contribution in [0, 0.1) is 29.6 Å². The number of aliphatic hydroxyl groups excluding tert-OH is 1. The van der Waals surface area contributed by atoms with Crippen LogP contribution in [0.3, 0.4) is 0 Å². The van der Waals surface area contributed by atoms with Gasteiger partial charge < -0.3 is 15.3 Å². The van der Waals surface area contributed by atoms with E-state index in [1.54, 1.807) is 0 Å². The van der Waals surface area contributed by atoms with Gasteiger partial charge >= 0.3 is 0 Å². The van der Waals surface area contributed by atoms with Crippen molar-refractivity contribution in [3.8, 4) is 0 Å². The van der Waals surface area contributed by atoms with Gasteiger partial charge in [0.25, 0.3) is 0 Å². The fourth-order valence-corrected chi connectivity index (χ4v) is 10.0. The molecule has 3 N–H and O–H groups in total. The first-order chi connectivity index (χ1) is 16.9. The summed E-state index contributed by atoms with van der Waals surface area (Å²) in [7, 11) is 0. The van der Waals surface area contributed by atoms with Crippen molar-refractivity contribution in [1.29, 1.82) is 0 Å². The summed E-state index contributed by atoms with van der Waals surface area (Å²) in [5.41, 5.74) is 3.95. The van der Waals surface area contributed by atoms with Crippen LogP contribution in [0.1, 0.15) is 84.5 Å². The van der Waals surface area contributed by atoms with Crippen molar-refractivity contribution in [3.05, 3.63) is 0 Å². The quantitative estimate of drug-likeness (QED) is 0.468. The molecule has 0 spiro atoms. The van der Waals surface area contributed by atoms with Gasteiger partial charge in [0.1, 0.15) is 0 Å². The molecule has 3 heterocycles. The molecule has 6 nitrogen and oxygen atoms in total. The maximum Gasteiger partial charge on any atom is 0.227 e. The third-order valence-electron chi connectivity index (χ3n) is 11.0. The van der Waals surface area contributed by atoms with Gasteiger partial charge in [-0.15, -0.1) is 0 Å². The third kappa shape index (κ3) is 4.43. The lowest BCUT2D eigenvalue weighted by molar-refractivity contribution is -0.145. The topological polar surface area (TPSA) is 67.8 Å². The third-order valence-corrected chi connectivity index (χ3v) is 12.2. The predicted molar refractivity (Wildman–Crippen MR) is 142 cm³/mol. The van der Waals surface area contributed by atoms with Gasteiger partial charge in [0.05, 0.1) is 18.1 Å². The SMILES string of the molecule is CC(C)C1CCC(N2NC3CCCC[C@H]4C3C2CCN4C(=O)C2CCC(Br)C3CCNC23)C(O)C1. The number of carbonyl (C=O) groups excluding carboxylic acids is 1. The minimum Gasteiger partial charge on any atom is -0.391 e. The molecule has 3 aliphatic heterocycles. The van der Waals surface area contributed by atoms with Gasteiger partial charge in [-0.3, -0.25) is 10.2 Å². The number of fused-ring (bicyclic) bond motifs is 1. The van der Waals surface area contributed by atoms with Crippen molar-refractivity contribution in [3.63, 3.8) is 0 Å². The average molecular weight is 552 g/mol. The Labute approximate surface area is 220 Å². The smallest absolute Gasteiger partial charge is 0.227 e. The molecule has 6 rings (SSSR count). The van der Waals surface area contributed by atoms with Crippen LogP contribution in [0.5, 0.6) is 0 Å². The Morgan fingerprint density at radius 3 is 2.60 bits per heavy atom. The Morgan fingerprint density at radius 2 is 1.80 bits per heavy atom. The molecular weight excluding hydrogens is 504 g/mol. The maximum absolute atomic E-state index is 14.1. The second kappa shape index (κ2) is 10.2. The number of halogens is 1. The first-order valence-corrected chi connectivity index (χ1v) is 15.8. The molecule has 0 aromatic rings. The number of hydrogen-bond donors (Lipinski definition) is 3. The maximum atomic E-state index is 14.1. The summed E-state index contributed by atoms with van der Waals surface area (Å²) in [5.74, 6) is 2.98. The van der Waals surface area contributed by atoms with Gasteiger partial charge in [0.15, 0.2) is 0 Å². The van der Waals surface area contributed by atoms with E-state index in [1.165, 1.54) is 32.1 Å². The summed E-state index contributed by atoms with van der Waals surface area (Å²) in [4.78, 5) is 17.0. The number of aliphatic hydroxyl groups is 1. The molecule has 0 aromatic carbocycles. The standard InChI is InChI=1S/C28H47BrN4O2/c1-16(2)17-7-10-22(25(34)15-17)33-24-12-14-32(23-6-4-3-5-21(31-33)26(23)24)28(35)19-8-9-20(29)18-11-13-30-27(18)19/h16-27,30-31,34H,3-15H2,1-2H3/t17?,18?,19?,20?,21?,22?,23-,24?,25?,26?,27?/m0/s1. The van der Waals surface area contributed by atoms with Gasteiger partial charge in [-0.1, -0.05) is 42.6 Å². The molecule has 0 aromatic heterocycles. The van der Waals surface area contributed by atoms with Crippen LogP contribution in [-0.2, 0) is 4.79 Å². The van der Waals surface area contributed by atoms with Crippen LogP contribution < -0.4 is 10.7 Å². The molecule has 6 aliphatic rings. The van der Waals surface area contributed by atoms with Gasteiger partial charge in [0.2, 0.25) is 5.91 Å². The van der Waals surface area contributed by atoms with Gasteiger partial charge in [-0.25, -0.2) is 5.01 Å². The van der Waals surface area contributed by atoms with Crippen LogP contribution in [0.2, 0.25) is 0 Å². The molecule has 3 saturated carbocycles. The minimum absolute atomic E-state index is 0.146. The summed E-state index contributed by atoms with van der Waals surface area (Å²) in [6.45, 7) is 6.54. The van der Waals surface area contributed by atoms with E-state index in [-0.39, 0.29) is 18.1 Å². The summed E-state index contributed by atoms with van der Waals surface area (Å²) >= 11 is 3.92. The van der Waals surface area contributed by atoms with Crippen LogP contribution >= 0.6 is 15.9 Å². The van der Waals surface area contributed by atoms with Crippen molar-refractivity contribution >= 4 is 21.8 Å². The molecule has 198 valence electrons. The van der Waals surface area contributed by atoms with Crippen LogP contribution in [0.25, 0.3) is 0 Å². The van der Waals surface area contributed by atoms with Gasteiger partial charge in [-0.2, -0.15) is 0 Å². The molecule has 3 saturated heterocycles. The lowest BCUT2D eigenvalue weighted by atomic mass is 9.74. The second-order valence-electron chi connectivity index (χ2n) is 13.0. The van der Waals surface area contributed by atoms with E-state index in [2.05, 4.69) is 50.4 Å². The van der Waals surface area contributed by atoms with Crippen molar-refractivity contribution in [2.45, 2.75) is 126 Å². The largest absolute Gasteiger partial charge is 0.391 e. The Hall–Kier alpha value is -0.210. The van der Waals surface area contributed by atoms with E-state index in [0.29, 0.717) is 58.6 Å². The fourth-order valence-electron chi connectivity index (χ4n) is 9.18. The fraction of sp³-hybridized carbons (Fsp3) is 0.964. The number of hydrogen-bond acceptors (Lipinski definition) is 5. The Balaban J connectivity index is 1.20. The number of carbonyl (C=O) groups is 1. The highest BCUT2D eigenvalue weighted by Crippen LogP contribution is 2.46. The van der Waals surface area contributed by atoms with Crippen molar-refractivity contribution in [2.75, 3.05) is 13.1 Å². The zero-order chi connectivity index (χ0) is 24.3. The molecule has 7 heteroatoms. The molecule has 1 amide bonds. The van der Waals surface area contributed by atoms with E-state index in [4.69, 9.17) is 0 Å². The summed E-state index contributed by atoms with van der Waals surface area (Å²) in [6.07, 6.45) is 12.2. The van der Waals surface area contributed by atoms with Gasteiger partial charge in [0, 0.05) is 41.5 Å². The predicted octanol–water partition coefficient (Wildman–Crippen LogP) is 3.67. The number of likely N-dealkylation sites (tertiary alicyclic amines) is 1. The Bertz CT molecular complexity index is 782. The molecule has 3 aliphatic carbocycles. The Morgan fingerprint density at radius 1 is 0.971 bits per heavy atom. The number of hydrazine groups is 1. The second-order valence-corrected chi connectivity index (χ2v) is 14.2. The molecule has 11 atom stereocenters. The number of alkyl halides is 1. The number of rotatable bonds is 3. The van der Waals surface area contributed by atoms with Crippen molar-refractivity contribution < 1.29 is 9.90 Å². The Kier molecular flexibility index (Phi) is 7.28. The highest BCUT2D eigenvalue weighted by Gasteiger charge is 2.55. The molecule has 10 unspecified atom stereocenters. The van der Waals surface area contributed by atoms with E-state index in [0.717, 1.165) is 51.6 Å². The van der Waals surface area contributed by atoms with Gasteiger partial charge in [-0.05, 0) is 82.1 Å². The number of piperidine rings is 1. The molecule has 6 fully saturated rings. The van der Waals surface area contributed by atoms with E-state index in [1.807, 2.05) is 0 Å².